The Morgan fingerprint density at radius 3 is 2.66 bits per heavy atom. The Labute approximate surface area is 205 Å². The number of ether oxygens (including phenoxy) is 2. The number of anilines is 2. The number of pyridine rings is 1. The highest BCUT2D eigenvalue weighted by Gasteiger charge is 2.16. The van der Waals surface area contributed by atoms with Gasteiger partial charge in [-0.05, 0) is 38.1 Å². The largest absolute Gasteiger partial charge is 0.449 e. The molecule has 0 saturated heterocycles. The maximum atomic E-state index is 9.35. The summed E-state index contributed by atoms with van der Waals surface area (Å²) in [6.45, 7) is 11.5. The third kappa shape index (κ3) is 6.20. The van der Waals surface area contributed by atoms with E-state index >= 15 is 0 Å². The minimum absolute atomic E-state index is 0.105. The summed E-state index contributed by atoms with van der Waals surface area (Å²) < 4.78 is 13.4. The van der Waals surface area contributed by atoms with Crippen LogP contribution in [0.4, 0.5) is 11.6 Å². The number of hydrogen-bond acceptors (Lipinski definition) is 8. The minimum Gasteiger partial charge on any atom is -0.449 e. The topological polar surface area (TPSA) is 111 Å². The number of rotatable bonds is 9. The molecule has 0 aliphatic heterocycles. The van der Waals surface area contributed by atoms with Gasteiger partial charge in [-0.3, -0.25) is 0 Å². The molecule has 0 radical (unpaired) electrons. The first-order valence-electron chi connectivity index (χ1n) is 11.4. The Kier molecular flexibility index (Phi) is 7.09. The van der Waals surface area contributed by atoms with E-state index in [1.165, 1.54) is 0 Å². The van der Waals surface area contributed by atoms with Crippen molar-refractivity contribution in [3.8, 4) is 17.6 Å². The van der Waals surface area contributed by atoms with Crippen LogP contribution in [0.5, 0.6) is 5.88 Å². The lowest BCUT2D eigenvalue weighted by molar-refractivity contribution is 0.0199. The van der Waals surface area contributed by atoms with Crippen LogP contribution in [0.3, 0.4) is 0 Å². The third-order valence-electron chi connectivity index (χ3n) is 5.25. The molecule has 0 atom stereocenters. The maximum Gasteiger partial charge on any atom is 0.244 e. The van der Waals surface area contributed by atoms with Crippen LogP contribution < -0.4 is 10.1 Å². The molecule has 1 N–H and O–H groups in total. The highest BCUT2D eigenvalue weighted by atomic mass is 28.3. The van der Waals surface area contributed by atoms with Crippen molar-refractivity contribution in [2.45, 2.75) is 39.5 Å². The van der Waals surface area contributed by atoms with Crippen molar-refractivity contribution in [2.75, 3.05) is 18.7 Å². The maximum absolute atomic E-state index is 9.35. The van der Waals surface area contributed by atoms with E-state index in [0.29, 0.717) is 35.5 Å². The van der Waals surface area contributed by atoms with E-state index in [1.807, 2.05) is 38.1 Å². The van der Waals surface area contributed by atoms with Gasteiger partial charge in [-0.2, -0.15) is 5.26 Å². The predicted octanol–water partition coefficient (Wildman–Crippen LogP) is 5.13. The Morgan fingerprint density at radius 2 is 1.91 bits per heavy atom. The second kappa shape index (κ2) is 10.2. The van der Waals surface area contributed by atoms with Gasteiger partial charge in [0, 0.05) is 38.7 Å². The zero-order valence-electron chi connectivity index (χ0n) is 20.7. The van der Waals surface area contributed by atoms with Crippen LogP contribution in [-0.2, 0) is 4.74 Å². The van der Waals surface area contributed by atoms with Gasteiger partial charge in [0.2, 0.25) is 5.88 Å². The number of fused-ring (bicyclic) bond motifs is 1. The molecule has 0 fully saturated rings. The number of nitrogens with one attached hydrogen (secondary N) is 1. The van der Waals surface area contributed by atoms with Crippen molar-refractivity contribution in [2.24, 2.45) is 0 Å². The molecule has 10 heteroatoms. The first-order chi connectivity index (χ1) is 16.7. The van der Waals surface area contributed by atoms with Crippen LogP contribution in [-0.4, -0.2) is 46.2 Å². The number of hydrogen-bond donors (Lipinski definition) is 1. The summed E-state index contributed by atoms with van der Waals surface area (Å²) in [6.07, 6.45) is 1.72. The Balaban J connectivity index is 1.66. The van der Waals surface area contributed by atoms with Gasteiger partial charge in [-0.1, -0.05) is 25.7 Å². The second-order valence-corrected chi connectivity index (χ2v) is 15.1. The van der Waals surface area contributed by atoms with E-state index in [9.17, 15) is 5.26 Å². The van der Waals surface area contributed by atoms with Crippen molar-refractivity contribution in [1.82, 2.24) is 24.7 Å². The van der Waals surface area contributed by atoms with E-state index in [1.54, 1.807) is 23.0 Å². The Bertz CT molecular complexity index is 1370. The molecule has 1 aromatic carbocycles. The molecule has 4 aromatic rings. The van der Waals surface area contributed by atoms with Crippen molar-refractivity contribution in [3.05, 3.63) is 59.7 Å². The lowest BCUT2D eigenvalue weighted by atomic mass is 10.2. The van der Waals surface area contributed by atoms with Crippen LogP contribution in [0, 0.1) is 25.2 Å². The summed E-state index contributed by atoms with van der Waals surface area (Å²) in [6, 6.07) is 14.2. The number of nitrogens with zero attached hydrogens (tertiary/aromatic N) is 6. The van der Waals surface area contributed by atoms with Gasteiger partial charge >= 0.3 is 0 Å². The number of aryl methyl sites for hydroxylation is 2. The third-order valence-corrected chi connectivity index (χ3v) is 6.95. The Hall–Kier alpha value is -3.81. The average molecular weight is 488 g/mol. The van der Waals surface area contributed by atoms with Crippen molar-refractivity contribution in [1.29, 1.82) is 5.26 Å². The van der Waals surface area contributed by atoms with E-state index < -0.39 is 8.07 Å². The van der Waals surface area contributed by atoms with E-state index in [-0.39, 0.29) is 6.79 Å². The summed E-state index contributed by atoms with van der Waals surface area (Å²) in [5.41, 5.74) is 2.93. The molecule has 0 aliphatic carbocycles. The molecule has 0 aliphatic rings. The van der Waals surface area contributed by atoms with Gasteiger partial charge in [0.05, 0.1) is 28.2 Å². The van der Waals surface area contributed by atoms with Crippen LogP contribution in [0.1, 0.15) is 17.1 Å². The molecule has 0 unspecified atom stereocenters. The molecule has 35 heavy (non-hydrogen) atoms. The molecular weight excluding hydrogens is 458 g/mol. The average Bonchev–Trinajstić information content (AvgIpc) is 3.15. The number of benzene rings is 1. The van der Waals surface area contributed by atoms with Gasteiger partial charge in [-0.15, -0.1) is 5.10 Å². The normalized spacial score (nSPS) is 11.4. The molecule has 0 bridgehead atoms. The molecule has 0 amide bonds. The van der Waals surface area contributed by atoms with Crippen molar-refractivity contribution in [3.63, 3.8) is 0 Å². The van der Waals surface area contributed by atoms with Gasteiger partial charge in [0.15, 0.2) is 6.79 Å². The molecule has 9 nitrogen and oxygen atoms in total. The highest BCUT2D eigenvalue weighted by molar-refractivity contribution is 6.76. The standard InChI is InChI=1S/C25H29N7O2Si/c1-17-11-24(29-18(2)28-17)30-23-13-22-21(15-27-23)25(34-16-33-9-10-35(3,4)5)31-32(22)20-8-6-7-19(12-20)14-26/h6-8,11-13,15H,9-10,16H2,1-5H3,(H,27,28,29,30). The summed E-state index contributed by atoms with van der Waals surface area (Å²) in [4.78, 5) is 13.3. The molecule has 0 spiro atoms. The lowest BCUT2D eigenvalue weighted by Gasteiger charge is -2.15. The van der Waals surface area contributed by atoms with E-state index in [2.05, 4.69) is 51.1 Å². The SMILES string of the molecule is Cc1cc(Nc2cc3c(cn2)c(OCOCC[Si](C)(C)C)nn3-c2cccc(C#N)c2)nc(C)n1. The number of nitriles is 1. The van der Waals surface area contributed by atoms with Crippen LogP contribution in [0.25, 0.3) is 16.6 Å². The molecule has 180 valence electrons. The lowest BCUT2D eigenvalue weighted by Crippen LogP contribution is -2.22. The Morgan fingerprint density at radius 1 is 1.09 bits per heavy atom. The van der Waals surface area contributed by atoms with Crippen LogP contribution >= 0.6 is 0 Å². The molecule has 3 heterocycles. The smallest absolute Gasteiger partial charge is 0.244 e. The predicted molar refractivity (Wildman–Crippen MR) is 138 cm³/mol. The fourth-order valence-corrected chi connectivity index (χ4v) is 4.27. The van der Waals surface area contributed by atoms with Gasteiger partial charge in [0.1, 0.15) is 17.5 Å². The molecular formula is C25H29N7O2Si. The minimum atomic E-state index is -1.18. The van der Waals surface area contributed by atoms with Crippen LogP contribution in [0.2, 0.25) is 25.7 Å². The molecule has 4 rings (SSSR count). The van der Waals surface area contributed by atoms with Gasteiger partial charge in [-0.25, -0.2) is 19.6 Å². The summed E-state index contributed by atoms with van der Waals surface area (Å²) >= 11 is 0. The zero-order valence-corrected chi connectivity index (χ0v) is 21.7. The van der Waals surface area contributed by atoms with Gasteiger partial charge in [0.25, 0.3) is 0 Å². The van der Waals surface area contributed by atoms with Crippen LogP contribution in [0.15, 0.2) is 42.6 Å². The molecule has 3 aromatic heterocycles. The monoisotopic (exact) mass is 487 g/mol. The number of aromatic nitrogens is 5. The van der Waals surface area contributed by atoms with Crippen molar-refractivity contribution >= 4 is 30.6 Å². The van der Waals surface area contributed by atoms with Crippen molar-refractivity contribution < 1.29 is 9.47 Å². The summed E-state index contributed by atoms with van der Waals surface area (Å²) in [7, 11) is -1.18. The van der Waals surface area contributed by atoms with E-state index in [4.69, 9.17) is 9.47 Å². The second-order valence-electron chi connectivity index (χ2n) is 9.51. The summed E-state index contributed by atoms with van der Waals surface area (Å²) in [5, 5.41) is 18.0. The first-order valence-corrected chi connectivity index (χ1v) is 15.1. The summed E-state index contributed by atoms with van der Waals surface area (Å²) in [5.74, 6) is 2.36. The fourth-order valence-electron chi connectivity index (χ4n) is 3.51. The molecule has 0 saturated carbocycles. The van der Waals surface area contributed by atoms with Gasteiger partial charge < -0.3 is 14.8 Å². The first kappa shape index (κ1) is 24.3. The fraction of sp³-hybridized carbons (Fsp3) is 0.320. The van der Waals surface area contributed by atoms with E-state index in [0.717, 1.165) is 28.3 Å². The zero-order chi connectivity index (χ0) is 25.0. The quantitative estimate of drug-likeness (QED) is 0.196. The highest BCUT2D eigenvalue weighted by Crippen LogP contribution is 2.29.